The van der Waals surface area contributed by atoms with Gasteiger partial charge in [0.1, 0.15) is 17.2 Å². The summed E-state index contributed by atoms with van der Waals surface area (Å²) in [6, 6.07) is 10.8. The van der Waals surface area contributed by atoms with E-state index in [2.05, 4.69) is 5.32 Å². The lowest BCUT2D eigenvalue weighted by atomic mass is 9.87. The molecule has 1 N–H and O–H groups in total. The van der Waals surface area contributed by atoms with Gasteiger partial charge in [-0.15, -0.1) is 0 Å². The lowest BCUT2D eigenvalue weighted by molar-refractivity contribution is -0.130. The number of benzene rings is 2. The second-order valence-corrected chi connectivity index (χ2v) is 6.30. The fraction of sp³-hybridized carbons (Fsp3) is 0.300. The molecule has 3 rings (SSSR count). The van der Waals surface area contributed by atoms with Gasteiger partial charge in [0.05, 0.1) is 6.04 Å². The van der Waals surface area contributed by atoms with Crippen LogP contribution in [0, 0.1) is 11.6 Å². The number of carbonyl (C=O) groups excluding carboxylic acids is 2. The van der Waals surface area contributed by atoms with Crippen molar-refractivity contribution in [3.63, 3.8) is 0 Å². The predicted molar refractivity (Wildman–Crippen MR) is 91.5 cm³/mol. The molecule has 26 heavy (non-hydrogen) atoms. The summed E-state index contributed by atoms with van der Waals surface area (Å²) in [5, 5.41) is 2.86. The van der Waals surface area contributed by atoms with Gasteiger partial charge >= 0.3 is 5.97 Å². The van der Waals surface area contributed by atoms with E-state index in [0.29, 0.717) is 0 Å². The minimum atomic E-state index is -1.20. The van der Waals surface area contributed by atoms with E-state index in [-0.39, 0.29) is 6.04 Å². The van der Waals surface area contributed by atoms with Crippen molar-refractivity contribution in [1.82, 2.24) is 5.32 Å². The molecule has 0 unspecified atom stereocenters. The van der Waals surface area contributed by atoms with Crippen LogP contribution in [0.4, 0.5) is 8.78 Å². The SMILES string of the molecule is C[C@H](OC(=O)c1c(F)cccc1F)C(=O)N[C@@H]1CCCc2ccccc21. The fourth-order valence-corrected chi connectivity index (χ4v) is 3.16. The monoisotopic (exact) mass is 359 g/mol. The molecule has 0 radical (unpaired) electrons. The Morgan fingerprint density at radius 2 is 1.81 bits per heavy atom. The third-order valence-corrected chi connectivity index (χ3v) is 4.51. The summed E-state index contributed by atoms with van der Waals surface area (Å²) in [6.07, 6.45) is 1.51. The normalized spacial score (nSPS) is 17.1. The topological polar surface area (TPSA) is 55.4 Å². The van der Waals surface area contributed by atoms with Gasteiger partial charge in [-0.3, -0.25) is 4.79 Å². The Labute approximate surface area is 150 Å². The van der Waals surface area contributed by atoms with Crippen molar-refractivity contribution < 1.29 is 23.1 Å². The van der Waals surface area contributed by atoms with Gasteiger partial charge in [-0.2, -0.15) is 0 Å². The molecular formula is C20H19F2NO3. The first-order chi connectivity index (χ1) is 12.5. The number of aryl methyl sites for hydroxylation is 1. The van der Waals surface area contributed by atoms with Crippen LogP contribution in [0.5, 0.6) is 0 Å². The Morgan fingerprint density at radius 3 is 2.54 bits per heavy atom. The van der Waals surface area contributed by atoms with Gasteiger partial charge in [-0.05, 0) is 49.4 Å². The second kappa shape index (κ2) is 7.64. The Morgan fingerprint density at radius 1 is 1.12 bits per heavy atom. The van der Waals surface area contributed by atoms with Crippen LogP contribution in [0.1, 0.15) is 47.3 Å². The maximum atomic E-state index is 13.6. The second-order valence-electron chi connectivity index (χ2n) is 6.30. The Kier molecular flexibility index (Phi) is 5.30. The van der Waals surface area contributed by atoms with Crippen molar-refractivity contribution >= 4 is 11.9 Å². The molecule has 4 nitrogen and oxygen atoms in total. The number of carbonyl (C=O) groups is 2. The number of esters is 1. The molecule has 1 amide bonds. The zero-order chi connectivity index (χ0) is 18.7. The lowest BCUT2D eigenvalue weighted by Gasteiger charge is -2.27. The summed E-state index contributed by atoms with van der Waals surface area (Å²) >= 11 is 0. The van der Waals surface area contributed by atoms with Gasteiger partial charge in [0.15, 0.2) is 6.10 Å². The van der Waals surface area contributed by atoms with Gasteiger partial charge in [0, 0.05) is 0 Å². The summed E-state index contributed by atoms with van der Waals surface area (Å²) in [5.74, 6) is -3.75. The number of fused-ring (bicyclic) bond motifs is 1. The molecule has 0 fully saturated rings. The van der Waals surface area contributed by atoms with Crippen molar-refractivity contribution in [2.24, 2.45) is 0 Å². The number of hydrogen-bond acceptors (Lipinski definition) is 3. The average Bonchev–Trinajstić information content (AvgIpc) is 2.61. The van der Waals surface area contributed by atoms with Crippen LogP contribution in [0.25, 0.3) is 0 Å². The van der Waals surface area contributed by atoms with Gasteiger partial charge in [-0.1, -0.05) is 30.3 Å². The minimum absolute atomic E-state index is 0.168. The lowest BCUT2D eigenvalue weighted by Crippen LogP contribution is -2.39. The number of nitrogens with one attached hydrogen (secondary N) is 1. The van der Waals surface area contributed by atoms with Crippen LogP contribution in [0.15, 0.2) is 42.5 Å². The van der Waals surface area contributed by atoms with E-state index in [0.717, 1.165) is 43.0 Å². The maximum Gasteiger partial charge on any atom is 0.344 e. The zero-order valence-corrected chi connectivity index (χ0v) is 14.3. The summed E-state index contributed by atoms with van der Waals surface area (Å²) in [4.78, 5) is 24.4. The van der Waals surface area contributed by atoms with Crippen molar-refractivity contribution in [2.75, 3.05) is 0 Å². The van der Waals surface area contributed by atoms with E-state index in [9.17, 15) is 18.4 Å². The molecule has 6 heteroatoms. The summed E-state index contributed by atoms with van der Waals surface area (Å²) in [6.45, 7) is 1.38. The number of rotatable bonds is 4. The van der Waals surface area contributed by atoms with Gasteiger partial charge in [0.2, 0.25) is 0 Å². The molecule has 0 bridgehead atoms. The summed E-state index contributed by atoms with van der Waals surface area (Å²) in [7, 11) is 0. The Hall–Kier alpha value is -2.76. The molecular weight excluding hydrogens is 340 g/mol. The summed E-state index contributed by atoms with van der Waals surface area (Å²) in [5.41, 5.74) is 1.43. The number of halogens is 2. The number of ether oxygens (including phenoxy) is 1. The Balaban J connectivity index is 1.67. The van der Waals surface area contributed by atoms with E-state index in [1.54, 1.807) is 0 Å². The molecule has 0 aromatic heterocycles. The molecule has 2 aromatic carbocycles. The molecule has 1 aliphatic carbocycles. The standard InChI is InChI=1S/C20H19F2NO3/c1-12(26-20(25)18-15(21)9-5-10-16(18)22)19(24)23-17-11-4-7-13-6-2-3-8-14(13)17/h2-3,5-6,8-10,12,17H,4,7,11H2,1H3,(H,23,24)/t12-,17+/m0/s1. The molecule has 0 heterocycles. The van der Waals surface area contributed by atoms with Crippen LogP contribution >= 0.6 is 0 Å². The van der Waals surface area contributed by atoms with E-state index in [1.165, 1.54) is 12.5 Å². The van der Waals surface area contributed by atoms with Crippen molar-refractivity contribution in [3.05, 3.63) is 70.8 Å². The first-order valence-electron chi connectivity index (χ1n) is 8.50. The highest BCUT2D eigenvalue weighted by atomic mass is 19.1. The molecule has 2 atom stereocenters. The largest absolute Gasteiger partial charge is 0.449 e. The molecule has 1 aliphatic rings. The number of hydrogen-bond donors (Lipinski definition) is 1. The van der Waals surface area contributed by atoms with Gasteiger partial charge < -0.3 is 10.1 Å². The van der Waals surface area contributed by atoms with E-state index < -0.39 is 35.2 Å². The quantitative estimate of drug-likeness (QED) is 0.847. The van der Waals surface area contributed by atoms with E-state index >= 15 is 0 Å². The highest BCUT2D eigenvalue weighted by molar-refractivity contribution is 5.92. The first-order valence-corrected chi connectivity index (χ1v) is 8.50. The third-order valence-electron chi connectivity index (χ3n) is 4.51. The highest BCUT2D eigenvalue weighted by Crippen LogP contribution is 2.29. The molecule has 0 aliphatic heterocycles. The molecule has 136 valence electrons. The van der Waals surface area contributed by atoms with Gasteiger partial charge in [-0.25, -0.2) is 13.6 Å². The van der Waals surface area contributed by atoms with Gasteiger partial charge in [0.25, 0.3) is 5.91 Å². The van der Waals surface area contributed by atoms with E-state index in [1.807, 2.05) is 24.3 Å². The number of amides is 1. The fourth-order valence-electron chi connectivity index (χ4n) is 3.16. The zero-order valence-electron chi connectivity index (χ0n) is 14.3. The van der Waals surface area contributed by atoms with Crippen molar-refractivity contribution in [1.29, 1.82) is 0 Å². The molecule has 2 aromatic rings. The van der Waals surface area contributed by atoms with Crippen LogP contribution in [-0.4, -0.2) is 18.0 Å². The Bertz CT molecular complexity index is 817. The minimum Gasteiger partial charge on any atom is -0.449 e. The highest BCUT2D eigenvalue weighted by Gasteiger charge is 2.27. The maximum absolute atomic E-state index is 13.6. The van der Waals surface area contributed by atoms with Crippen LogP contribution in [0.2, 0.25) is 0 Å². The van der Waals surface area contributed by atoms with E-state index in [4.69, 9.17) is 4.74 Å². The van der Waals surface area contributed by atoms with Crippen molar-refractivity contribution in [3.8, 4) is 0 Å². The summed E-state index contributed by atoms with van der Waals surface area (Å²) < 4.78 is 32.3. The van der Waals surface area contributed by atoms with Crippen LogP contribution < -0.4 is 5.32 Å². The van der Waals surface area contributed by atoms with Crippen LogP contribution in [-0.2, 0) is 16.0 Å². The van der Waals surface area contributed by atoms with Crippen molar-refractivity contribution in [2.45, 2.75) is 38.3 Å². The van der Waals surface area contributed by atoms with Crippen LogP contribution in [0.3, 0.4) is 0 Å². The smallest absolute Gasteiger partial charge is 0.344 e. The average molecular weight is 359 g/mol. The molecule has 0 spiro atoms. The molecule has 0 saturated heterocycles. The molecule has 0 saturated carbocycles. The predicted octanol–water partition coefficient (Wildman–Crippen LogP) is 3.70. The third kappa shape index (κ3) is 3.74. The first kappa shape index (κ1) is 18.0.